The summed E-state index contributed by atoms with van der Waals surface area (Å²) >= 11 is 0.737. The van der Waals surface area contributed by atoms with Gasteiger partial charge in [0.15, 0.2) is 5.69 Å². The lowest BCUT2D eigenvalue weighted by Crippen LogP contribution is -2.48. The molecule has 0 radical (unpaired) electrons. The van der Waals surface area contributed by atoms with Gasteiger partial charge < -0.3 is 29.7 Å². The third kappa shape index (κ3) is 8.25. The topological polar surface area (TPSA) is 144 Å². The Balaban J connectivity index is 1.45. The van der Waals surface area contributed by atoms with E-state index in [0.29, 0.717) is 50.0 Å². The van der Waals surface area contributed by atoms with E-state index in [1.807, 2.05) is 6.92 Å². The van der Waals surface area contributed by atoms with Gasteiger partial charge in [-0.25, -0.2) is 28.3 Å². The zero-order valence-electron chi connectivity index (χ0n) is 26.7. The second-order valence-electron chi connectivity index (χ2n) is 12.2. The molecule has 2 aliphatic heterocycles. The lowest BCUT2D eigenvalue weighted by Gasteiger charge is -2.36. The van der Waals surface area contributed by atoms with Crippen LogP contribution in [0.4, 0.5) is 34.7 Å². The molecule has 1 aromatic carbocycles. The molecule has 252 valence electrons. The Morgan fingerprint density at radius 1 is 1.15 bits per heavy atom. The molecule has 0 spiro atoms. The number of halogens is 2. The number of hydrogen-bond donors (Lipinski definition) is 3. The molecule has 5 rings (SSSR count). The third-order valence-electron chi connectivity index (χ3n) is 7.37. The molecule has 3 N–H and O–H groups in total. The van der Waals surface area contributed by atoms with Crippen molar-refractivity contribution in [3.8, 4) is 16.5 Å². The van der Waals surface area contributed by atoms with Crippen molar-refractivity contribution in [1.82, 2.24) is 15.3 Å². The molecule has 2 aliphatic rings. The third-order valence-corrected chi connectivity index (χ3v) is 8.36. The number of anilines is 3. The van der Waals surface area contributed by atoms with Crippen LogP contribution in [0.25, 0.3) is 10.6 Å². The van der Waals surface area contributed by atoms with Crippen molar-refractivity contribution < 1.29 is 37.4 Å². The highest BCUT2D eigenvalue weighted by Crippen LogP contribution is 2.41. The molecule has 2 aromatic heterocycles. The minimum absolute atomic E-state index is 0.0581. The standard InChI is InChI=1S/C32H38F2N6O6S/c1-5-6-14-45-30(42)36-18-9-8-13-40(17-18)25-19-12-15-44-27(19)35-16-22(25)37-26(41)24-29(39-31(43)46-32(2,3)4)47-28(38-24)23-20(33)10-7-11-21(23)34/h7,10-11,16,18H,5-6,8-9,12-15,17H2,1-4H3,(H,36,42)(H,37,41)(H,39,43)/t18-/m0/s1. The second-order valence-corrected chi connectivity index (χ2v) is 13.2. The summed E-state index contributed by atoms with van der Waals surface area (Å²) in [6, 6.07) is 3.18. The number of thiazole rings is 1. The summed E-state index contributed by atoms with van der Waals surface area (Å²) in [5.74, 6) is -2.04. The van der Waals surface area contributed by atoms with Crippen LogP contribution < -0.4 is 25.6 Å². The monoisotopic (exact) mass is 672 g/mol. The van der Waals surface area contributed by atoms with E-state index in [1.54, 1.807) is 20.8 Å². The second kappa shape index (κ2) is 14.5. The van der Waals surface area contributed by atoms with Crippen LogP contribution in [0.5, 0.6) is 5.88 Å². The zero-order valence-corrected chi connectivity index (χ0v) is 27.5. The molecule has 1 saturated heterocycles. The number of hydrogen-bond acceptors (Lipinski definition) is 10. The highest BCUT2D eigenvalue weighted by atomic mass is 32.1. The van der Waals surface area contributed by atoms with E-state index < -0.39 is 40.9 Å². The van der Waals surface area contributed by atoms with Gasteiger partial charge in [0.1, 0.15) is 27.2 Å². The molecule has 0 unspecified atom stereocenters. The minimum atomic E-state index is -0.873. The van der Waals surface area contributed by atoms with E-state index in [0.717, 1.165) is 54.7 Å². The largest absolute Gasteiger partial charge is 0.477 e. The van der Waals surface area contributed by atoms with Crippen LogP contribution in [-0.4, -0.2) is 66.0 Å². The van der Waals surface area contributed by atoms with E-state index in [1.165, 1.54) is 12.3 Å². The summed E-state index contributed by atoms with van der Waals surface area (Å²) in [5.41, 5.74) is 0.283. The number of piperidine rings is 1. The molecule has 4 heterocycles. The van der Waals surface area contributed by atoms with Crippen molar-refractivity contribution in [3.63, 3.8) is 0 Å². The number of rotatable bonds is 9. The van der Waals surface area contributed by atoms with Gasteiger partial charge in [-0.15, -0.1) is 0 Å². The average Bonchev–Trinajstić information content (AvgIpc) is 3.63. The molecular weight excluding hydrogens is 634 g/mol. The first kappa shape index (κ1) is 33.8. The summed E-state index contributed by atoms with van der Waals surface area (Å²) in [4.78, 5) is 49.7. The predicted octanol–water partition coefficient (Wildman–Crippen LogP) is 6.51. The number of nitrogens with one attached hydrogen (secondary N) is 3. The van der Waals surface area contributed by atoms with Crippen LogP contribution in [0.3, 0.4) is 0 Å². The Morgan fingerprint density at radius 2 is 1.91 bits per heavy atom. The van der Waals surface area contributed by atoms with E-state index >= 15 is 0 Å². The number of alkyl carbamates (subject to hydrolysis) is 1. The number of aromatic nitrogens is 2. The predicted molar refractivity (Wildman–Crippen MR) is 173 cm³/mol. The molecule has 0 bridgehead atoms. The number of carbonyl (C=O) groups is 3. The van der Waals surface area contributed by atoms with Crippen LogP contribution in [0.1, 0.15) is 69.4 Å². The summed E-state index contributed by atoms with van der Waals surface area (Å²) in [7, 11) is 0. The van der Waals surface area contributed by atoms with Gasteiger partial charge >= 0.3 is 12.2 Å². The normalized spacial score (nSPS) is 15.8. The van der Waals surface area contributed by atoms with Gasteiger partial charge in [0.05, 0.1) is 36.3 Å². The fourth-order valence-corrected chi connectivity index (χ4v) is 6.34. The average molecular weight is 673 g/mol. The molecule has 47 heavy (non-hydrogen) atoms. The molecule has 12 nitrogen and oxygen atoms in total. The van der Waals surface area contributed by atoms with E-state index in [4.69, 9.17) is 14.2 Å². The van der Waals surface area contributed by atoms with Gasteiger partial charge in [0.25, 0.3) is 5.91 Å². The summed E-state index contributed by atoms with van der Waals surface area (Å²) in [6.45, 7) is 8.89. The number of carbonyl (C=O) groups excluding carboxylic acids is 3. The zero-order chi connectivity index (χ0) is 33.7. The number of amides is 3. The highest BCUT2D eigenvalue weighted by Gasteiger charge is 2.31. The van der Waals surface area contributed by atoms with Crippen LogP contribution in [0, 0.1) is 11.6 Å². The SMILES string of the molecule is CCCCOC(=O)N[C@H]1CCCN(c2c(NC(=O)c3nc(-c4c(F)cccc4F)sc3NC(=O)OC(C)(C)C)cnc3c2CCO3)C1. The lowest BCUT2D eigenvalue weighted by atomic mass is 10.0. The maximum absolute atomic E-state index is 14.7. The van der Waals surface area contributed by atoms with Gasteiger partial charge in [-0.2, -0.15) is 0 Å². The van der Waals surface area contributed by atoms with Crippen LogP contribution >= 0.6 is 11.3 Å². The molecular formula is C32H38F2N6O6S. The van der Waals surface area contributed by atoms with Crippen LogP contribution in [0.15, 0.2) is 24.4 Å². The molecule has 3 amide bonds. The Morgan fingerprint density at radius 3 is 2.64 bits per heavy atom. The number of fused-ring (bicyclic) bond motifs is 1. The number of nitrogens with zero attached hydrogens (tertiary/aromatic N) is 3. The first-order valence-electron chi connectivity index (χ1n) is 15.5. The smallest absolute Gasteiger partial charge is 0.412 e. The van der Waals surface area contributed by atoms with Crippen molar-refractivity contribution in [3.05, 3.63) is 47.3 Å². The molecule has 1 fully saturated rings. The van der Waals surface area contributed by atoms with Gasteiger partial charge in [-0.1, -0.05) is 30.7 Å². The van der Waals surface area contributed by atoms with E-state index in [9.17, 15) is 23.2 Å². The maximum atomic E-state index is 14.7. The van der Waals surface area contributed by atoms with Gasteiger partial charge in [0.2, 0.25) is 5.88 Å². The van der Waals surface area contributed by atoms with Crippen molar-refractivity contribution >= 4 is 45.8 Å². The maximum Gasteiger partial charge on any atom is 0.412 e. The fourth-order valence-electron chi connectivity index (χ4n) is 5.34. The van der Waals surface area contributed by atoms with Crippen molar-refractivity contribution in [2.75, 3.05) is 41.8 Å². The molecule has 0 saturated carbocycles. The quantitative estimate of drug-likeness (QED) is 0.217. The number of benzene rings is 1. The molecule has 0 aliphatic carbocycles. The van der Waals surface area contributed by atoms with Gasteiger partial charge in [-0.05, 0) is 52.2 Å². The van der Waals surface area contributed by atoms with Gasteiger partial charge in [0, 0.05) is 31.1 Å². The fraction of sp³-hybridized carbons (Fsp3) is 0.469. The van der Waals surface area contributed by atoms with E-state index in [2.05, 4.69) is 30.8 Å². The van der Waals surface area contributed by atoms with Crippen LogP contribution in [0.2, 0.25) is 0 Å². The summed E-state index contributed by atoms with van der Waals surface area (Å²) < 4.78 is 45.8. The number of unbranched alkanes of at least 4 members (excludes halogenated alkanes) is 1. The van der Waals surface area contributed by atoms with Gasteiger partial charge in [-0.3, -0.25) is 10.1 Å². The molecule has 15 heteroatoms. The Kier molecular flexibility index (Phi) is 10.4. The lowest BCUT2D eigenvalue weighted by molar-refractivity contribution is 0.0636. The summed E-state index contributed by atoms with van der Waals surface area (Å²) in [5, 5.41) is 8.11. The van der Waals surface area contributed by atoms with Crippen molar-refractivity contribution in [2.45, 2.75) is 71.4 Å². The molecule has 1 atom stereocenters. The Bertz CT molecular complexity index is 1620. The van der Waals surface area contributed by atoms with E-state index in [-0.39, 0.29) is 21.7 Å². The minimum Gasteiger partial charge on any atom is -0.477 e. The Labute approximate surface area is 275 Å². The van der Waals surface area contributed by atoms with Crippen molar-refractivity contribution in [2.24, 2.45) is 0 Å². The highest BCUT2D eigenvalue weighted by molar-refractivity contribution is 7.19. The molecule has 3 aromatic rings. The first-order chi connectivity index (χ1) is 22.4. The van der Waals surface area contributed by atoms with Crippen molar-refractivity contribution in [1.29, 1.82) is 0 Å². The Hall–Kier alpha value is -4.53. The number of pyridine rings is 1. The first-order valence-corrected chi connectivity index (χ1v) is 16.3. The van der Waals surface area contributed by atoms with Crippen LogP contribution in [-0.2, 0) is 15.9 Å². The number of ether oxygens (including phenoxy) is 3. The summed E-state index contributed by atoms with van der Waals surface area (Å²) in [6.07, 6.45) is 3.88.